The molecule has 0 unspecified atom stereocenters. The first-order valence-electron chi connectivity index (χ1n) is 7.41. The van der Waals surface area contributed by atoms with Gasteiger partial charge in [-0.3, -0.25) is 19.0 Å². The number of hydrogen-bond donors (Lipinski definition) is 1. The summed E-state index contributed by atoms with van der Waals surface area (Å²) in [6, 6.07) is 1.62. The van der Waals surface area contributed by atoms with Crippen molar-refractivity contribution in [3.05, 3.63) is 24.7 Å². The van der Waals surface area contributed by atoms with E-state index in [1.54, 1.807) is 19.3 Å². The van der Waals surface area contributed by atoms with Gasteiger partial charge in [0.1, 0.15) is 6.54 Å². The maximum atomic E-state index is 12.4. The first-order chi connectivity index (χ1) is 11.7. The predicted octanol–water partition coefficient (Wildman–Crippen LogP) is 1.17. The van der Waals surface area contributed by atoms with Crippen LogP contribution in [0.25, 0.3) is 0 Å². The van der Waals surface area contributed by atoms with Crippen LogP contribution in [0.4, 0.5) is 24.7 Å². The molecule has 25 heavy (non-hydrogen) atoms. The Hall–Kier alpha value is -2.85. The molecule has 0 bridgehead atoms. The van der Waals surface area contributed by atoms with Gasteiger partial charge in [-0.15, -0.1) is 0 Å². The van der Waals surface area contributed by atoms with Gasteiger partial charge in [0.15, 0.2) is 5.82 Å². The molecule has 8 nitrogen and oxygen atoms in total. The highest BCUT2D eigenvalue weighted by atomic mass is 19.4. The third kappa shape index (κ3) is 3.98. The smallest absolute Gasteiger partial charge is 0.309 e. The van der Waals surface area contributed by atoms with E-state index in [9.17, 15) is 22.8 Å². The van der Waals surface area contributed by atoms with Crippen molar-refractivity contribution in [3.63, 3.8) is 0 Å². The predicted molar refractivity (Wildman–Crippen MR) is 80.6 cm³/mol. The summed E-state index contributed by atoms with van der Waals surface area (Å²) in [5.74, 6) is -0.943. The Kier molecular flexibility index (Phi) is 4.23. The summed E-state index contributed by atoms with van der Waals surface area (Å²) in [4.78, 5) is 25.6. The summed E-state index contributed by atoms with van der Waals surface area (Å²) >= 11 is 0. The number of alkyl halides is 3. The van der Waals surface area contributed by atoms with Gasteiger partial charge in [-0.1, -0.05) is 0 Å². The number of aromatic nitrogens is 4. The highest BCUT2D eigenvalue weighted by Gasteiger charge is 2.36. The fourth-order valence-electron chi connectivity index (χ4n) is 2.60. The first kappa shape index (κ1) is 17.0. The SMILES string of the molecule is Cn1ccc(NC(=O)[C@@H]2CC(=O)N(c3cnn(CC(F)(F)F)c3)C2)n1. The lowest BCUT2D eigenvalue weighted by Crippen LogP contribution is -2.28. The van der Waals surface area contributed by atoms with Crippen LogP contribution in [-0.2, 0) is 23.2 Å². The normalized spacial score (nSPS) is 18.0. The lowest BCUT2D eigenvalue weighted by molar-refractivity contribution is -0.142. The summed E-state index contributed by atoms with van der Waals surface area (Å²) in [7, 11) is 1.70. The molecule has 2 aromatic heterocycles. The van der Waals surface area contributed by atoms with Gasteiger partial charge >= 0.3 is 6.18 Å². The van der Waals surface area contributed by atoms with Crippen LogP contribution in [0.1, 0.15) is 6.42 Å². The molecule has 0 spiro atoms. The number of nitrogens with zero attached hydrogens (tertiary/aromatic N) is 5. The lowest BCUT2D eigenvalue weighted by atomic mass is 10.1. The molecule has 1 atom stereocenters. The van der Waals surface area contributed by atoms with Crippen LogP contribution < -0.4 is 10.2 Å². The molecule has 11 heteroatoms. The van der Waals surface area contributed by atoms with Crippen LogP contribution in [0.15, 0.2) is 24.7 Å². The molecule has 1 aliphatic rings. The third-order valence-corrected chi connectivity index (χ3v) is 3.73. The van der Waals surface area contributed by atoms with E-state index in [2.05, 4.69) is 15.5 Å². The number of halogens is 3. The molecular weight excluding hydrogens is 341 g/mol. The van der Waals surface area contributed by atoms with Gasteiger partial charge in [-0.2, -0.15) is 23.4 Å². The zero-order valence-corrected chi connectivity index (χ0v) is 13.2. The van der Waals surface area contributed by atoms with Gasteiger partial charge in [0.05, 0.1) is 17.8 Å². The Morgan fingerprint density at radius 3 is 2.84 bits per heavy atom. The molecule has 1 aliphatic heterocycles. The maximum Gasteiger partial charge on any atom is 0.408 e. The van der Waals surface area contributed by atoms with Gasteiger partial charge in [-0.25, -0.2) is 0 Å². The molecular formula is C14H15F3N6O2. The Morgan fingerprint density at radius 1 is 1.44 bits per heavy atom. The van der Waals surface area contributed by atoms with Crippen LogP contribution in [0.2, 0.25) is 0 Å². The summed E-state index contributed by atoms with van der Waals surface area (Å²) in [5.41, 5.74) is 0.238. The van der Waals surface area contributed by atoms with Crippen LogP contribution in [-0.4, -0.2) is 44.1 Å². The topological polar surface area (TPSA) is 85.0 Å². The number of carbonyl (C=O) groups is 2. The monoisotopic (exact) mass is 356 g/mol. The van der Waals surface area contributed by atoms with E-state index >= 15 is 0 Å². The third-order valence-electron chi connectivity index (χ3n) is 3.73. The second-order valence-corrected chi connectivity index (χ2v) is 5.78. The van der Waals surface area contributed by atoms with E-state index in [1.807, 2.05) is 0 Å². The molecule has 0 aliphatic carbocycles. The molecule has 0 aromatic carbocycles. The van der Waals surface area contributed by atoms with Crippen LogP contribution in [0.5, 0.6) is 0 Å². The number of hydrogen-bond acceptors (Lipinski definition) is 4. The zero-order valence-electron chi connectivity index (χ0n) is 13.2. The van der Waals surface area contributed by atoms with Crippen LogP contribution >= 0.6 is 0 Å². The van der Waals surface area contributed by atoms with E-state index in [4.69, 9.17) is 0 Å². The number of amides is 2. The first-order valence-corrected chi connectivity index (χ1v) is 7.41. The number of aryl methyl sites for hydroxylation is 1. The van der Waals surface area contributed by atoms with Crippen molar-refractivity contribution < 1.29 is 22.8 Å². The van der Waals surface area contributed by atoms with E-state index in [1.165, 1.54) is 15.8 Å². The van der Waals surface area contributed by atoms with Crippen molar-refractivity contribution in [2.45, 2.75) is 19.1 Å². The van der Waals surface area contributed by atoms with Crippen LogP contribution in [0, 0.1) is 5.92 Å². The van der Waals surface area contributed by atoms with Gasteiger partial charge < -0.3 is 10.2 Å². The maximum absolute atomic E-state index is 12.4. The Bertz CT molecular complexity index is 797. The number of rotatable bonds is 4. The molecule has 2 aromatic rings. The molecule has 1 fully saturated rings. The number of anilines is 2. The number of nitrogens with one attached hydrogen (secondary N) is 1. The summed E-state index contributed by atoms with van der Waals surface area (Å²) < 4.78 is 39.4. The van der Waals surface area contributed by atoms with Crippen molar-refractivity contribution in [3.8, 4) is 0 Å². The average molecular weight is 356 g/mol. The summed E-state index contributed by atoms with van der Waals surface area (Å²) in [6.07, 6.45) is -0.434. The van der Waals surface area contributed by atoms with Crippen molar-refractivity contribution >= 4 is 23.3 Å². The van der Waals surface area contributed by atoms with Crippen molar-refractivity contribution in [2.75, 3.05) is 16.8 Å². The Morgan fingerprint density at radius 2 is 2.20 bits per heavy atom. The van der Waals surface area contributed by atoms with Crippen molar-refractivity contribution in [1.82, 2.24) is 19.6 Å². The highest BCUT2D eigenvalue weighted by Crippen LogP contribution is 2.26. The lowest BCUT2D eigenvalue weighted by Gasteiger charge is -2.14. The zero-order chi connectivity index (χ0) is 18.2. The van der Waals surface area contributed by atoms with E-state index in [0.717, 1.165) is 6.20 Å². The van der Waals surface area contributed by atoms with Crippen molar-refractivity contribution in [2.24, 2.45) is 13.0 Å². The second kappa shape index (κ2) is 6.22. The minimum atomic E-state index is -4.40. The minimum absolute atomic E-state index is 0.0247. The van der Waals surface area contributed by atoms with Crippen molar-refractivity contribution in [1.29, 1.82) is 0 Å². The fourth-order valence-corrected chi connectivity index (χ4v) is 2.60. The van der Waals surface area contributed by atoms with Gasteiger partial charge in [-0.05, 0) is 0 Å². The average Bonchev–Trinajstić information content (AvgIpc) is 3.18. The summed E-state index contributed by atoms with van der Waals surface area (Å²) in [6.45, 7) is -1.16. The quantitative estimate of drug-likeness (QED) is 0.891. The Balaban J connectivity index is 1.65. The van der Waals surface area contributed by atoms with Gasteiger partial charge in [0.2, 0.25) is 11.8 Å². The van der Waals surface area contributed by atoms with E-state index in [0.29, 0.717) is 10.5 Å². The van der Waals surface area contributed by atoms with Gasteiger partial charge in [0, 0.05) is 38.5 Å². The second-order valence-electron chi connectivity index (χ2n) is 5.78. The molecule has 1 N–H and O–H groups in total. The number of carbonyl (C=O) groups excluding carboxylic acids is 2. The summed E-state index contributed by atoms with van der Waals surface area (Å²) in [5, 5.41) is 10.2. The van der Waals surface area contributed by atoms with E-state index in [-0.39, 0.29) is 30.5 Å². The Labute approximate surface area is 140 Å². The minimum Gasteiger partial charge on any atom is -0.309 e. The fraction of sp³-hybridized carbons (Fsp3) is 0.429. The van der Waals surface area contributed by atoms with E-state index < -0.39 is 18.6 Å². The molecule has 3 rings (SSSR count). The standard InChI is InChI=1S/C14H15F3N6O2/c1-21-3-2-11(20-21)19-13(25)9-4-12(24)23(6-9)10-5-18-22(7-10)8-14(15,16)17/h2-3,5,7,9H,4,6,8H2,1H3,(H,19,20,25)/t9-/m1/s1. The molecule has 1 saturated heterocycles. The molecule has 0 radical (unpaired) electrons. The molecule has 3 heterocycles. The van der Waals surface area contributed by atoms with Gasteiger partial charge in [0.25, 0.3) is 0 Å². The highest BCUT2D eigenvalue weighted by molar-refractivity contribution is 6.03. The largest absolute Gasteiger partial charge is 0.408 e. The molecule has 0 saturated carbocycles. The van der Waals surface area contributed by atoms with Crippen LogP contribution in [0.3, 0.4) is 0 Å². The molecule has 134 valence electrons. The molecule has 2 amide bonds.